The predicted molar refractivity (Wildman–Crippen MR) is 79.5 cm³/mol. The zero-order valence-corrected chi connectivity index (χ0v) is 13.5. The van der Waals surface area contributed by atoms with Crippen molar-refractivity contribution in [3.63, 3.8) is 0 Å². The largest absolute Gasteiger partial charge is 0.326 e. The third kappa shape index (κ3) is 3.39. The van der Waals surface area contributed by atoms with Gasteiger partial charge in [-0.25, -0.2) is 17.2 Å². The number of thioether (sulfide) groups is 1. The van der Waals surface area contributed by atoms with Gasteiger partial charge < -0.3 is 5.73 Å². The summed E-state index contributed by atoms with van der Waals surface area (Å²) in [6, 6.07) is 2.03. The fourth-order valence-electron chi connectivity index (χ4n) is 2.24. The van der Waals surface area contributed by atoms with Gasteiger partial charge in [0.2, 0.25) is 10.0 Å². The van der Waals surface area contributed by atoms with E-state index in [-0.39, 0.29) is 29.9 Å². The molecule has 1 aromatic rings. The number of benzene rings is 1. The lowest BCUT2D eigenvalue weighted by atomic mass is 10.2. The maximum absolute atomic E-state index is 13.9. The Morgan fingerprint density at radius 3 is 2.62 bits per heavy atom. The van der Waals surface area contributed by atoms with Crippen LogP contribution < -0.4 is 5.73 Å². The molecule has 2 N–H and O–H groups in total. The van der Waals surface area contributed by atoms with Crippen LogP contribution in [0.25, 0.3) is 0 Å². The van der Waals surface area contributed by atoms with Crippen molar-refractivity contribution in [2.24, 2.45) is 5.73 Å². The Hall–Kier alpha value is -0.700. The zero-order valence-electron chi connectivity index (χ0n) is 11.9. The lowest BCUT2D eigenvalue weighted by molar-refractivity contribution is 0.382. The van der Waals surface area contributed by atoms with Crippen LogP contribution in [-0.4, -0.2) is 36.3 Å². The monoisotopic (exact) mass is 336 g/mol. The molecule has 0 saturated carbocycles. The lowest BCUT2D eigenvalue weighted by Crippen LogP contribution is -2.46. The van der Waals surface area contributed by atoms with E-state index < -0.39 is 26.6 Å². The molecule has 0 radical (unpaired) electrons. The SMILES string of the molecule is CC1(C)CN(S(=O)(=O)c2cc(CN)cc(F)c2F)CCS1. The highest BCUT2D eigenvalue weighted by Gasteiger charge is 2.36. The van der Waals surface area contributed by atoms with E-state index >= 15 is 0 Å². The van der Waals surface area contributed by atoms with Crippen molar-refractivity contribution in [1.82, 2.24) is 4.31 Å². The van der Waals surface area contributed by atoms with Crippen molar-refractivity contribution in [3.8, 4) is 0 Å². The van der Waals surface area contributed by atoms with Crippen LogP contribution in [0.1, 0.15) is 19.4 Å². The van der Waals surface area contributed by atoms with E-state index in [0.717, 1.165) is 12.1 Å². The van der Waals surface area contributed by atoms with E-state index in [1.54, 1.807) is 11.8 Å². The minimum atomic E-state index is -4.07. The first-order valence-electron chi connectivity index (χ1n) is 6.49. The van der Waals surface area contributed by atoms with Crippen LogP contribution in [0.15, 0.2) is 17.0 Å². The third-order valence-corrected chi connectivity index (χ3v) is 6.44. The predicted octanol–water partition coefficient (Wildman–Crippen LogP) is 1.94. The van der Waals surface area contributed by atoms with Crippen LogP contribution in [0.3, 0.4) is 0 Å². The first-order chi connectivity index (χ1) is 9.67. The minimum absolute atomic E-state index is 0.0545. The summed E-state index contributed by atoms with van der Waals surface area (Å²) in [5, 5.41) is 0. The molecule has 1 aliphatic heterocycles. The van der Waals surface area contributed by atoms with Crippen molar-refractivity contribution in [3.05, 3.63) is 29.3 Å². The van der Waals surface area contributed by atoms with Crippen molar-refractivity contribution >= 4 is 21.8 Å². The van der Waals surface area contributed by atoms with E-state index in [2.05, 4.69) is 0 Å². The van der Waals surface area contributed by atoms with E-state index in [9.17, 15) is 17.2 Å². The van der Waals surface area contributed by atoms with Gasteiger partial charge in [-0.1, -0.05) is 0 Å². The molecule has 0 aromatic heterocycles. The van der Waals surface area contributed by atoms with Crippen LogP contribution in [0, 0.1) is 11.6 Å². The summed E-state index contributed by atoms with van der Waals surface area (Å²) in [7, 11) is -4.07. The molecule has 0 spiro atoms. The van der Waals surface area contributed by atoms with Gasteiger partial charge in [-0.05, 0) is 31.5 Å². The fraction of sp³-hybridized carbons (Fsp3) is 0.538. The Balaban J connectivity index is 2.47. The van der Waals surface area contributed by atoms with Crippen LogP contribution in [0.2, 0.25) is 0 Å². The van der Waals surface area contributed by atoms with Gasteiger partial charge in [0.1, 0.15) is 4.90 Å². The van der Waals surface area contributed by atoms with Crippen molar-refractivity contribution in [2.75, 3.05) is 18.8 Å². The smallest absolute Gasteiger partial charge is 0.246 e. The standard InChI is InChI=1S/C13H18F2N2O2S2/c1-13(2)8-17(3-4-20-13)21(18,19)11-6-9(7-16)5-10(14)12(11)15/h5-6H,3-4,7-8,16H2,1-2H3. The molecule has 0 unspecified atom stereocenters. The van der Waals surface area contributed by atoms with Crippen molar-refractivity contribution in [1.29, 1.82) is 0 Å². The molecular formula is C13H18F2N2O2S2. The average molecular weight is 336 g/mol. The molecule has 118 valence electrons. The Kier molecular flexibility index (Phi) is 4.63. The molecule has 0 aliphatic carbocycles. The second-order valence-corrected chi connectivity index (χ2v) is 9.25. The zero-order chi connectivity index (χ0) is 15.8. The highest BCUT2D eigenvalue weighted by Crippen LogP contribution is 2.33. The molecule has 0 bridgehead atoms. The summed E-state index contributed by atoms with van der Waals surface area (Å²) in [5.74, 6) is -1.92. The molecule has 1 heterocycles. The highest BCUT2D eigenvalue weighted by molar-refractivity contribution is 8.00. The second kappa shape index (κ2) is 5.83. The maximum atomic E-state index is 13.9. The first kappa shape index (κ1) is 16.7. The Morgan fingerprint density at radius 1 is 1.38 bits per heavy atom. The Bertz CT molecular complexity index is 648. The van der Waals surface area contributed by atoms with Crippen molar-refractivity contribution in [2.45, 2.75) is 30.0 Å². The fourth-order valence-corrected chi connectivity index (χ4v) is 5.28. The number of hydrogen-bond donors (Lipinski definition) is 1. The molecule has 0 amide bonds. The summed E-state index contributed by atoms with van der Waals surface area (Å²) >= 11 is 1.66. The van der Waals surface area contributed by atoms with Gasteiger partial charge in [-0.3, -0.25) is 0 Å². The normalized spacial score (nSPS) is 19.7. The third-order valence-electron chi connectivity index (χ3n) is 3.30. The summed E-state index contributed by atoms with van der Waals surface area (Å²) in [6.45, 7) is 4.33. The minimum Gasteiger partial charge on any atom is -0.326 e. The Morgan fingerprint density at radius 2 is 2.05 bits per heavy atom. The molecule has 1 fully saturated rings. The first-order valence-corrected chi connectivity index (χ1v) is 8.92. The topological polar surface area (TPSA) is 63.4 Å². The molecular weight excluding hydrogens is 318 g/mol. The molecule has 1 saturated heterocycles. The molecule has 0 atom stereocenters. The van der Waals surface area contributed by atoms with Gasteiger partial charge in [-0.2, -0.15) is 16.1 Å². The van der Waals surface area contributed by atoms with E-state index in [1.165, 1.54) is 4.31 Å². The number of hydrogen-bond acceptors (Lipinski definition) is 4. The Labute approximate surface area is 127 Å². The number of halogens is 2. The molecule has 8 heteroatoms. The van der Waals surface area contributed by atoms with E-state index in [1.807, 2.05) is 13.8 Å². The summed E-state index contributed by atoms with van der Waals surface area (Å²) in [6.07, 6.45) is 0. The van der Waals surface area contributed by atoms with Crippen LogP contribution in [0.4, 0.5) is 8.78 Å². The van der Waals surface area contributed by atoms with Crippen LogP contribution in [0.5, 0.6) is 0 Å². The highest BCUT2D eigenvalue weighted by atomic mass is 32.2. The quantitative estimate of drug-likeness (QED) is 0.916. The van der Waals surface area contributed by atoms with Crippen LogP contribution in [-0.2, 0) is 16.6 Å². The number of rotatable bonds is 3. The summed E-state index contributed by atoms with van der Waals surface area (Å²) < 4.78 is 53.6. The second-order valence-electron chi connectivity index (χ2n) is 5.54. The number of sulfonamides is 1. The van der Waals surface area contributed by atoms with Gasteiger partial charge in [-0.15, -0.1) is 0 Å². The molecule has 1 aromatic carbocycles. The average Bonchev–Trinajstić information content (AvgIpc) is 2.40. The summed E-state index contributed by atoms with van der Waals surface area (Å²) in [5.41, 5.74) is 5.65. The van der Waals surface area contributed by atoms with Gasteiger partial charge in [0.05, 0.1) is 0 Å². The number of nitrogens with zero attached hydrogens (tertiary/aromatic N) is 1. The molecule has 21 heavy (non-hydrogen) atoms. The van der Waals surface area contributed by atoms with E-state index in [0.29, 0.717) is 5.75 Å². The molecule has 2 rings (SSSR count). The molecule has 1 aliphatic rings. The number of nitrogens with two attached hydrogens (primary N) is 1. The van der Waals surface area contributed by atoms with E-state index in [4.69, 9.17) is 5.73 Å². The molecule has 4 nitrogen and oxygen atoms in total. The van der Waals surface area contributed by atoms with Crippen molar-refractivity contribution < 1.29 is 17.2 Å². The maximum Gasteiger partial charge on any atom is 0.246 e. The van der Waals surface area contributed by atoms with Gasteiger partial charge in [0, 0.05) is 30.1 Å². The lowest BCUT2D eigenvalue weighted by Gasteiger charge is -2.36. The van der Waals surface area contributed by atoms with Gasteiger partial charge in [0.25, 0.3) is 0 Å². The summed E-state index contributed by atoms with van der Waals surface area (Å²) in [4.78, 5) is -0.634. The van der Waals surface area contributed by atoms with Gasteiger partial charge >= 0.3 is 0 Å². The van der Waals surface area contributed by atoms with Crippen LogP contribution >= 0.6 is 11.8 Å². The van der Waals surface area contributed by atoms with Gasteiger partial charge in [0.15, 0.2) is 11.6 Å².